The second-order valence-electron chi connectivity index (χ2n) is 5.94. The molecule has 0 aromatic heterocycles. The van der Waals surface area contributed by atoms with Gasteiger partial charge in [0, 0.05) is 19.0 Å². The van der Waals surface area contributed by atoms with Gasteiger partial charge in [-0.1, -0.05) is 20.3 Å². The van der Waals surface area contributed by atoms with Crippen LogP contribution in [0.3, 0.4) is 0 Å². The molecule has 1 unspecified atom stereocenters. The number of aliphatic hydroxyl groups is 1. The Morgan fingerprint density at radius 2 is 2.11 bits per heavy atom. The van der Waals surface area contributed by atoms with Crippen molar-refractivity contribution < 1.29 is 9.90 Å². The zero-order chi connectivity index (χ0) is 13.6. The van der Waals surface area contributed by atoms with Gasteiger partial charge in [-0.25, -0.2) is 0 Å². The highest BCUT2D eigenvalue weighted by Crippen LogP contribution is 2.31. The van der Waals surface area contributed by atoms with Gasteiger partial charge in [0.15, 0.2) is 0 Å². The molecule has 1 fully saturated rings. The fraction of sp³-hybridized carbons (Fsp3) is 0.929. The second kappa shape index (κ2) is 7.10. The van der Waals surface area contributed by atoms with Crippen LogP contribution in [0.1, 0.15) is 58.8 Å². The minimum absolute atomic E-state index is 0.0389. The Morgan fingerprint density at radius 3 is 2.67 bits per heavy atom. The molecule has 0 bridgehead atoms. The molecule has 0 saturated heterocycles. The van der Waals surface area contributed by atoms with E-state index in [4.69, 9.17) is 5.73 Å². The molecule has 0 aromatic carbocycles. The van der Waals surface area contributed by atoms with E-state index in [9.17, 15) is 9.90 Å². The van der Waals surface area contributed by atoms with E-state index in [1.807, 2.05) is 0 Å². The highest BCUT2D eigenvalue weighted by molar-refractivity contribution is 5.76. The van der Waals surface area contributed by atoms with Crippen molar-refractivity contribution in [2.45, 2.75) is 70.4 Å². The molecule has 18 heavy (non-hydrogen) atoms. The van der Waals surface area contributed by atoms with Crippen LogP contribution in [0.4, 0.5) is 0 Å². The summed E-state index contributed by atoms with van der Waals surface area (Å²) in [6.45, 7) is 4.64. The third-order valence-corrected chi connectivity index (χ3v) is 3.93. The van der Waals surface area contributed by atoms with Crippen LogP contribution in [-0.4, -0.2) is 29.2 Å². The molecule has 4 nitrogen and oxygen atoms in total. The molecule has 1 rings (SSSR count). The summed E-state index contributed by atoms with van der Waals surface area (Å²) in [6.07, 6.45) is 5.89. The molecule has 106 valence electrons. The van der Waals surface area contributed by atoms with E-state index in [2.05, 4.69) is 19.2 Å². The van der Waals surface area contributed by atoms with Crippen molar-refractivity contribution in [3.63, 3.8) is 0 Å². The summed E-state index contributed by atoms with van der Waals surface area (Å²) in [4.78, 5) is 11.7. The third kappa shape index (κ3) is 5.36. The highest BCUT2D eigenvalue weighted by atomic mass is 16.3. The van der Waals surface area contributed by atoms with Crippen molar-refractivity contribution in [2.75, 3.05) is 6.54 Å². The Labute approximate surface area is 110 Å². The SMILES string of the molecule is CCCC(N)CC(=O)NCC1(O)CCC(C)CC1. The lowest BCUT2D eigenvalue weighted by molar-refractivity contribution is -0.123. The molecule has 0 aliphatic heterocycles. The Kier molecular flexibility index (Phi) is 6.09. The lowest BCUT2D eigenvalue weighted by atomic mass is 9.79. The number of nitrogens with one attached hydrogen (secondary N) is 1. The van der Waals surface area contributed by atoms with Gasteiger partial charge in [-0.3, -0.25) is 4.79 Å². The number of carbonyl (C=O) groups is 1. The lowest BCUT2D eigenvalue weighted by Gasteiger charge is -2.35. The smallest absolute Gasteiger partial charge is 0.221 e. The molecule has 0 radical (unpaired) electrons. The summed E-state index contributed by atoms with van der Waals surface area (Å²) in [5, 5.41) is 13.2. The van der Waals surface area contributed by atoms with Gasteiger partial charge in [-0.15, -0.1) is 0 Å². The van der Waals surface area contributed by atoms with Crippen molar-refractivity contribution in [2.24, 2.45) is 11.7 Å². The molecule has 1 atom stereocenters. The molecular formula is C14H28N2O2. The van der Waals surface area contributed by atoms with E-state index in [1.165, 1.54) is 0 Å². The molecule has 1 aliphatic carbocycles. The first kappa shape index (κ1) is 15.4. The summed E-state index contributed by atoms with van der Waals surface area (Å²) in [5.41, 5.74) is 5.12. The van der Waals surface area contributed by atoms with Crippen molar-refractivity contribution >= 4 is 5.91 Å². The van der Waals surface area contributed by atoms with Gasteiger partial charge in [0.05, 0.1) is 5.60 Å². The highest BCUT2D eigenvalue weighted by Gasteiger charge is 2.31. The van der Waals surface area contributed by atoms with Crippen LogP contribution >= 0.6 is 0 Å². The van der Waals surface area contributed by atoms with Gasteiger partial charge < -0.3 is 16.2 Å². The van der Waals surface area contributed by atoms with Crippen molar-refractivity contribution in [1.82, 2.24) is 5.32 Å². The molecular weight excluding hydrogens is 228 g/mol. The Balaban J connectivity index is 2.25. The standard InChI is InChI=1S/C14H28N2O2/c1-3-4-12(15)9-13(17)16-10-14(18)7-5-11(2)6-8-14/h11-12,18H,3-10,15H2,1-2H3,(H,16,17). The van der Waals surface area contributed by atoms with Crippen LogP contribution in [-0.2, 0) is 4.79 Å². The van der Waals surface area contributed by atoms with Crippen LogP contribution in [0.5, 0.6) is 0 Å². The van der Waals surface area contributed by atoms with E-state index in [0.717, 1.165) is 38.5 Å². The van der Waals surface area contributed by atoms with Gasteiger partial charge in [-0.05, 0) is 38.0 Å². The number of hydrogen-bond donors (Lipinski definition) is 3. The Bertz CT molecular complexity index is 261. The largest absolute Gasteiger partial charge is 0.388 e. The van der Waals surface area contributed by atoms with Crippen molar-refractivity contribution in [3.05, 3.63) is 0 Å². The molecule has 4 N–H and O–H groups in total. The molecule has 1 aliphatic rings. The maximum Gasteiger partial charge on any atom is 0.221 e. The van der Waals surface area contributed by atoms with E-state index in [-0.39, 0.29) is 11.9 Å². The average molecular weight is 256 g/mol. The van der Waals surface area contributed by atoms with Gasteiger partial charge in [0.2, 0.25) is 5.91 Å². The minimum atomic E-state index is -0.697. The molecule has 1 saturated carbocycles. The monoisotopic (exact) mass is 256 g/mol. The predicted molar refractivity (Wildman–Crippen MR) is 73.1 cm³/mol. The maximum absolute atomic E-state index is 11.7. The summed E-state index contributed by atoms with van der Waals surface area (Å²) < 4.78 is 0. The normalized spacial score (nSPS) is 29.9. The summed E-state index contributed by atoms with van der Waals surface area (Å²) in [5.74, 6) is 0.655. The second-order valence-corrected chi connectivity index (χ2v) is 5.94. The number of hydrogen-bond acceptors (Lipinski definition) is 3. The quantitative estimate of drug-likeness (QED) is 0.675. The first-order valence-electron chi connectivity index (χ1n) is 7.20. The van der Waals surface area contributed by atoms with E-state index in [0.29, 0.717) is 18.9 Å². The summed E-state index contributed by atoms with van der Waals surface area (Å²) in [7, 11) is 0. The van der Waals surface area contributed by atoms with Gasteiger partial charge >= 0.3 is 0 Å². The van der Waals surface area contributed by atoms with Crippen molar-refractivity contribution in [3.8, 4) is 0 Å². The van der Waals surface area contributed by atoms with Crippen LogP contribution in [0, 0.1) is 5.92 Å². The number of carbonyl (C=O) groups excluding carboxylic acids is 1. The Hall–Kier alpha value is -0.610. The predicted octanol–water partition coefficient (Wildman–Crippen LogP) is 1.56. The fourth-order valence-electron chi connectivity index (χ4n) is 2.52. The van der Waals surface area contributed by atoms with E-state index < -0.39 is 5.60 Å². The molecule has 0 aromatic rings. The summed E-state index contributed by atoms with van der Waals surface area (Å²) in [6, 6.07) is -0.0592. The van der Waals surface area contributed by atoms with Crippen LogP contribution in [0.2, 0.25) is 0 Å². The molecule has 0 heterocycles. The van der Waals surface area contributed by atoms with Gasteiger partial charge in [-0.2, -0.15) is 0 Å². The van der Waals surface area contributed by atoms with Gasteiger partial charge in [0.1, 0.15) is 0 Å². The minimum Gasteiger partial charge on any atom is -0.388 e. The molecule has 4 heteroatoms. The molecule has 1 amide bonds. The number of nitrogens with two attached hydrogens (primary N) is 1. The first-order valence-corrected chi connectivity index (χ1v) is 7.20. The van der Waals surface area contributed by atoms with Crippen molar-refractivity contribution in [1.29, 1.82) is 0 Å². The van der Waals surface area contributed by atoms with Crippen LogP contribution in [0.15, 0.2) is 0 Å². The molecule has 0 spiro atoms. The average Bonchev–Trinajstić information content (AvgIpc) is 2.31. The van der Waals surface area contributed by atoms with Crippen LogP contribution in [0.25, 0.3) is 0 Å². The fourth-order valence-corrected chi connectivity index (χ4v) is 2.52. The first-order chi connectivity index (χ1) is 8.45. The number of rotatable bonds is 6. The topological polar surface area (TPSA) is 75.4 Å². The lowest BCUT2D eigenvalue weighted by Crippen LogP contribution is -2.46. The Morgan fingerprint density at radius 1 is 1.50 bits per heavy atom. The van der Waals surface area contributed by atoms with Crippen LogP contribution < -0.4 is 11.1 Å². The third-order valence-electron chi connectivity index (χ3n) is 3.93. The van der Waals surface area contributed by atoms with E-state index in [1.54, 1.807) is 0 Å². The zero-order valence-corrected chi connectivity index (χ0v) is 11.7. The maximum atomic E-state index is 11.7. The zero-order valence-electron chi connectivity index (χ0n) is 11.7. The summed E-state index contributed by atoms with van der Waals surface area (Å²) >= 11 is 0. The van der Waals surface area contributed by atoms with Gasteiger partial charge in [0.25, 0.3) is 0 Å². The number of amides is 1. The van der Waals surface area contributed by atoms with E-state index >= 15 is 0 Å².